The number of carboxylic acid groups (broad SMARTS) is 1. The molecule has 0 aromatic heterocycles. The SMILES string of the molecule is CC(O)CN(C)c1ccc(C(=O)c2ccccc2C(=O)O)cc1. The number of nitrogens with zero attached hydrogens (tertiary/aromatic N) is 1. The number of likely N-dealkylation sites (N-methyl/N-ethyl adjacent to an activating group) is 1. The minimum atomic E-state index is -1.12. The molecule has 2 aromatic rings. The monoisotopic (exact) mass is 313 g/mol. The van der Waals surface area contributed by atoms with E-state index in [1.807, 2.05) is 11.9 Å². The second kappa shape index (κ2) is 7.07. The summed E-state index contributed by atoms with van der Waals surface area (Å²) in [6, 6.07) is 13.0. The number of carbonyl (C=O) groups is 2. The van der Waals surface area contributed by atoms with Gasteiger partial charge in [0.2, 0.25) is 0 Å². The van der Waals surface area contributed by atoms with Gasteiger partial charge in [0.1, 0.15) is 0 Å². The fraction of sp³-hybridized carbons (Fsp3) is 0.222. The highest BCUT2D eigenvalue weighted by Crippen LogP contribution is 2.19. The molecule has 1 unspecified atom stereocenters. The maximum atomic E-state index is 12.5. The van der Waals surface area contributed by atoms with Gasteiger partial charge in [-0.1, -0.05) is 18.2 Å². The molecule has 0 bridgehead atoms. The third-order valence-electron chi connectivity index (χ3n) is 3.51. The zero-order valence-electron chi connectivity index (χ0n) is 13.1. The third kappa shape index (κ3) is 3.96. The summed E-state index contributed by atoms with van der Waals surface area (Å²) in [6.07, 6.45) is -0.455. The van der Waals surface area contributed by atoms with E-state index in [1.165, 1.54) is 12.1 Å². The van der Waals surface area contributed by atoms with Gasteiger partial charge in [0, 0.05) is 30.4 Å². The van der Waals surface area contributed by atoms with E-state index in [4.69, 9.17) is 0 Å². The summed E-state index contributed by atoms with van der Waals surface area (Å²) < 4.78 is 0. The summed E-state index contributed by atoms with van der Waals surface area (Å²) in [6.45, 7) is 2.19. The number of aliphatic hydroxyl groups is 1. The molecular formula is C18H19NO4. The van der Waals surface area contributed by atoms with Crippen molar-refractivity contribution >= 4 is 17.4 Å². The number of carbonyl (C=O) groups excluding carboxylic acids is 1. The highest BCUT2D eigenvalue weighted by atomic mass is 16.4. The Labute approximate surface area is 134 Å². The first-order valence-electron chi connectivity index (χ1n) is 7.26. The highest BCUT2D eigenvalue weighted by molar-refractivity contribution is 6.14. The van der Waals surface area contributed by atoms with Gasteiger partial charge in [0.25, 0.3) is 0 Å². The lowest BCUT2D eigenvalue weighted by molar-refractivity contribution is 0.0692. The first kappa shape index (κ1) is 16.7. The van der Waals surface area contributed by atoms with Crippen LogP contribution in [-0.2, 0) is 0 Å². The van der Waals surface area contributed by atoms with Crippen LogP contribution in [0.2, 0.25) is 0 Å². The molecule has 0 saturated heterocycles. The lowest BCUT2D eigenvalue weighted by Gasteiger charge is -2.21. The van der Waals surface area contributed by atoms with Crippen molar-refractivity contribution in [3.8, 4) is 0 Å². The van der Waals surface area contributed by atoms with Crippen molar-refractivity contribution in [3.63, 3.8) is 0 Å². The normalized spacial score (nSPS) is 11.8. The predicted octanol–water partition coefficient (Wildman–Crippen LogP) is 2.43. The van der Waals surface area contributed by atoms with Gasteiger partial charge in [0.05, 0.1) is 11.7 Å². The summed E-state index contributed by atoms with van der Waals surface area (Å²) in [5, 5.41) is 18.6. The van der Waals surface area contributed by atoms with Crippen molar-refractivity contribution in [2.45, 2.75) is 13.0 Å². The summed E-state index contributed by atoms with van der Waals surface area (Å²) >= 11 is 0. The van der Waals surface area contributed by atoms with Crippen molar-refractivity contribution in [2.24, 2.45) is 0 Å². The molecule has 0 amide bonds. The van der Waals surface area contributed by atoms with Crippen LogP contribution in [0, 0.1) is 0 Å². The lowest BCUT2D eigenvalue weighted by atomic mass is 9.98. The van der Waals surface area contributed by atoms with Gasteiger partial charge in [-0.05, 0) is 37.3 Å². The number of anilines is 1. The Morgan fingerprint density at radius 2 is 1.61 bits per heavy atom. The molecule has 2 rings (SSSR count). The van der Waals surface area contributed by atoms with Crippen molar-refractivity contribution in [1.82, 2.24) is 0 Å². The maximum Gasteiger partial charge on any atom is 0.336 e. The molecular weight excluding hydrogens is 294 g/mol. The molecule has 5 heteroatoms. The second-order valence-corrected chi connectivity index (χ2v) is 5.46. The molecule has 23 heavy (non-hydrogen) atoms. The van der Waals surface area contributed by atoms with Crippen molar-refractivity contribution in [3.05, 3.63) is 65.2 Å². The van der Waals surface area contributed by atoms with E-state index in [0.717, 1.165) is 5.69 Å². The molecule has 5 nitrogen and oxygen atoms in total. The third-order valence-corrected chi connectivity index (χ3v) is 3.51. The molecule has 1 atom stereocenters. The minimum Gasteiger partial charge on any atom is -0.478 e. The van der Waals surface area contributed by atoms with Crippen LogP contribution in [0.25, 0.3) is 0 Å². The Bertz CT molecular complexity index is 707. The van der Waals surface area contributed by atoms with Gasteiger partial charge in [-0.3, -0.25) is 4.79 Å². The van der Waals surface area contributed by atoms with Gasteiger partial charge in [0.15, 0.2) is 5.78 Å². The quantitative estimate of drug-likeness (QED) is 0.801. The average Bonchev–Trinajstić information content (AvgIpc) is 2.53. The van der Waals surface area contributed by atoms with Crippen LogP contribution in [0.4, 0.5) is 5.69 Å². The Hall–Kier alpha value is -2.66. The van der Waals surface area contributed by atoms with Crippen molar-refractivity contribution in [2.75, 3.05) is 18.5 Å². The van der Waals surface area contributed by atoms with Gasteiger partial charge < -0.3 is 15.1 Å². The molecule has 0 saturated carbocycles. The van der Waals surface area contributed by atoms with Crippen LogP contribution in [0.3, 0.4) is 0 Å². The fourth-order valence-corrected chi connectivity index (χ4v) is 2.39. The number of aromatic carboxylic acids is 1. The molecule has 0 radical (unpaired) electrons. The number of carboxylic acids is 1. The molecule has 0 spiro atoms. The van der Waals surface area contributed by atoms with Crippen LogP contribution >= 0.6 is 0 Å². The number of hydrogen-bond acceptors (Lipinski definition) is 4. The molecule has 0 aliphatic carbocycles. The zero-order chi connectivity index (χ0) is 17.0. The summed E-state index contributed by atoms with van der Waals surface area (Å²) in [5.41, 5.74) is 1.46. The number of benzene rings is 2. The Morgan fingerprint density at radius 3 is 2.13 bits per heavy atom. The summed E-state index contributed by atoms with van der Waals surface area (Å²) in [4.78, 5) is 25.6. The van der Waals surface area contributed by atoms with Crippen molar-refractivity contribution in [1.29, 1.82) is 0 Å². The van der Waals surface area contributed by atoms with Crippen LogP contribution in [0.1, 0.15) is 33.2 Å². The molecule has 0 fully saturated rings. The van der Waals surface area contributed by atoms with Crippen LogP contribution in [-0.4, -0.2) is 41.7 Å². The summed E-state index contributed by atoms with van der Waals surface area (Å²) in [7, 11) is 1.85. The maximum absolute atomic E-state index is 12.5. The Morgan fingerprint density at radius 1 is 1.04 bits per heavy atom. The summed E-state index contributed by atoms with van der Waals surface area (Å²) in [5.74, 6) is -1.45. The molecule has 0 heterocycles. The van der Waals surface area contributed by atoms with Gasteiger partial charge in [-0.15, -0.1) is 0 Å². The first-order chi connectivity index (χ1) is 10.9. The second-order valence-electron chi connectivity index (χ2n) is 5.46. The number of ketones is 1. The zero-order valence-corrected chi connectivity index (χ0v) is 13.1. The minimum absolute atomic E-state index is 0.00667. The van der Waals surface area contributed by atoms with E-state index in [1.54, 1.807) is 43.3 Å². The standard InChI is InChI=1S/C18H19NO4/c1-12(20)11-19(2)14-9-7-13(8-10-14)17(21)15-5-3-4-6-16(15)18(22)23/h3-10,12,20H,11H2,1-2H3,(H,22,23). The number of rotatable bonds is 6. The highest BCUT2D eigenvalue weighted by Gasteiger charge is 2.17. The molecule has 120 valence electrons. The van der Waals surface area contributed by atoms with E-state index in [0.29, 0.717) is 12.1 Å². The van der Waals surface area contributed by atoms with E-state index in [2.05, 4.69) is 0 Å². The smallest absolute Gasteiger partial charge is 0.336 e. The number of aliphatic hydroxyl groups excluding tert-OH is 1. The van der Waals surface area contributed by atoms with E-state index >= 15 is 0 Å². The molecule has 0 aliphatic rings. The lowest BCUT2D eigenvalue weighted by Crippen LogP contribution is -2.26. The van der Waals surface area contributed by atoms with E-state index < -0.39 is 12.1 Å². The van der Waals surface area contributed by atoms with Gasteiger partial charge >= 0.3 is 5.97 Å². The van der Waals surface area contributed by atoms with Gasteiger partial charge in [-0.2, -0.15) is 0 Å². The topological polar surface area (TPSA) is 77.8 Å². The van der Waals surface area contributed by atoms with Gasteiger partial charge in [-0.25, -0.2) is 4.79 Å². The Balaban J connectivity index is 2.26. The van der Waals surface area contributed by atoms with Crippen LogP contribution in [0.5, 0.6) is 0 Å². The fourth-order valence-electron chi connectivity index (χ4n) is 2.39. The molecule has 2 aromatic carbocycles. The Kier molecular flexibility index (Phi) is 5.13. The van der Waals surface area contributed by atoms with Crippen LogP contribution < -0.4 is 4.90 Å². The predicted molar refractivity (Wildman–Crippen MR) is 88.2 cm³/mol. The first-order valence-corrected chi connectivity index (χ1v) is 7.26. The molecule has 0 aliphatic heterocycles. The van der Waals surface area contributed by atoms with E-state index in [9.17, 15) is 19.8 Å². The average molecular weight is 313 g/mol. The van der Waals surface area contributed by atoms with E-state index in [-0.39, 0.29) is 16.9 Å². The molecule has 2 N–H and O–H groups in total. The largest absolute Gasteiger partial charge is 0.478 e. The number of hydrogen-bond donors (Lipinski definition) is 2. The van der Waals surface area contributed by atoms with Crippen molar-refractivity contribution < 1.29 is 19.8 Å². The van der Waals surface area contributed by atoms with Crippen LogP contribution in [0.15, 0.2) is 48.5 Å².